The van der Waals surface area contributed by atoms with Gasteiger partial charge >= 0.3 is 0 Å². The van der Waals surface area contributed by atoms with E-state index in [4.69, 9.17) is 16.7 Å². The van der Waals surface area contributed by atoms with E-state index in [1.165, 1.54) is 0 Å². The van der Waals surface area contributed by atoms with Crippen LogP contribution in [0.15, 0.2) is 0 Å². The molecule has 0 heterocycles. The van der Waals surface area contributed by atoms with Crippen molar-refractivity contribution >= 4 is 11.6 Å². The highest BCUT2D eigenvalue weighted by atomic mass is 35.5. The van der Waals surface area contributed by atoms with Gasteiger partial charge in [0, 0.05) is 5.88 Å². The third kappa shape index (κ3) is 4.41. The van der Waals surface area contributed by atoms with Gasteiger partial charge in [-0.25, -0.2) is 0 Å². The molecule has 0 rings (SSSR count). The van der Waals surface area contributed by atoms with Crippen molar-refractivity contribution in [3.8, 4) is 0 Å². The first-order valence-corrected chi connectivity index (χ1v) is 3.58. The number of alkyl halides is 1. The van der Waals surface area contributed by atoms with Crippen molar-refractivity contribution < 1.29 is 5.11 Å². The fourth-order valence-electron chi connectivity index (χ4n) is 0.517. The van der Waals surface area contributed by atoms with Crippen molar-refractivity contribution in [1.82, 2.24) is 0 Å². The van der Waals surface area contributed by atoms with Gasteiger partial charge in [0.1, 0.15) is 0 Å². The molecule has 0 aliphatic carbocycles. The van der Waals surface area contributed by atoms with Gasteiger partial charge in [0.2, 0.25) is 0 Å². The molecule has 0 radical (unpaired) electrons. The van der Waals surface area contributed by atoms with E-state index in [0.29, 0.717) is 5.88 Å². The molecule has 0 aliphatic rings. The Kier molecular flexibility index (Phi) is 5.56. The lowest BCUT2D eigenvalue weighted by molar-refractivity contribution is 0.184. The number of aliphatic hydroxyl groups is 1. The van der Waals surface area contributed by atoms with E-state index in [1.807, 2.05) is 0 Å². The van der Waals surface area contributed by atoms with Crippen LogP contribution < -0.4 is 0 Å². The largest absolute Gasteiger partial charge is 0.392 e. The van der Waals surface area contributed by atoms with Gasteiger partial charge in [0.15, 0.2) is 0 Å². The smallest absolute Gasteiger partial charge is 0.0675 e. The van der Waals surface area contributed by atoms with Crippen LogP contribution in [-0.4, -0.2) is 17.1 Å². The third-order valence-corrected chi connectivity index (χ3v) is 1.43. The van der Waals surface area contributed by atoms with Crippen LogP contribution in [0.4, 0.5) is 0 Å². The second-order valence-corrected chi connectivity index (χ2v) is 2.26. The van der Waals surface area contributed by atoms with E-state index in [2.05, 4.69) is 6.92 Å². The lowest BCUT2D eigenvalue weighted by Crippen LogP contribution is -2.06. The van der Waals surface area contributed by atoms with Crippen molar-refractivity contribution in [3.05, 3.63) is 0 Å². The molecular weight excluding hydrogens is 124 g/mol. The van der Waals surface area contributed by atoms with Crippen molar-refractivity contribution in [2.24, 2.45) is 0 Å². The summed E-state index contributed by atoms with van der Waals surface area (Å²) in [6, 6.07) is 0. The molecule has 1 atom stereocenters. The van der Waals surface area contributed by atoms with E-state index in [0.717, 1.165) is 19.3 Å². The highest BCUT2D eigenvalue weighted by Gasteiger charge is 1.97. The van der Waals surface area contributed by atoms with E-state index in [-0.39, 0.29) is 6.10 Å². The molecule has 8 heavy (non-hydrogen) atoms. The minimum atomic E-state index is -0.281. The van der Waals surface area contributed by atoms with Crippen LogP contribution in [0.3, 0.4) is 0 Å². The Morgan fingerprint density at radius 3 is 2.62 bits per heavy atom. The summed E-state index contributed by atoms with van der Waals surface area (Å²) in [5.41, 5.74) is 0. The molecule has 0 fully saturated rings. The molecule has 50 valence electrons. The van der Waals surface area contributed by atoms with E-state index in [9.17, 15) is 0 Å². The first-order chi connectivity index (χ1) is 3.81. The third-order valence-electron chi connectivity index (χ3n) is 1.07. The molecule has 1 N–H and O–H groups in total. The molecule has 0 aliphatic heterocycles. The minimum absolute atomic E-state index is 0.281. The van der Waals surface area contributed by atoms with Gasteiger partial charge in [-0.1, -0.05) is 19.8 Å². The average molecular weight is 137 g/mol. The summed E-state index contributed by atoms with van der Waals surface area (Å²) >= 11 is 5.34. The zero-order valence-electron chi connectivity index (χ0n) is 5.23. The summed E-state index contributed by atoms with van der Waals surface area (Å²) in [4.78, 5) is 0. The summed E-state index contributed by atoms with van der Waals surface area (Å²) in [5, 5.41) is 8.86. The van der Waals surface area contributed by atoms with Gasteiger partial charge in [-0.3, -0.25) is 0 Å². The standard InChI is InChI=1S/C6H13ClO/c1-2-3-4-6(8)5-7/h6,8H,2-5H2,1H3/t6-/m1/s1. The van der Waals surface area contributed by atoms with Crippen LogP contribution in [0.25, 0.3) is 0 Å². The maximum absolute atomic E-state index is 8.86. The Bertz CT molecular complexity index is 47.8. The highest BCUT2D eigenvalue weighted by molar-refractivity contribution is 6.18. The van der Waals surface area contributed by atoms with Gasteiger partial charge < -0.3 is 5.11 Å². The first kappa shape index (κ1) is 8.25. The Morgan fingerprint density at radius 2 is 2.25 bits per heavy atom. The fourth-order valence-corrected chi connectivity index (χ4v) is 0.671. The Hall–Kier alpha value is 0.250. The van der Waals surface area contributed by atoms with Crippen molar-refractivity contribution in [2.45, 2.75) is 32.3 Å². The molecule has 2 heteroatoms. The fraction of sp³-hybridized carbons (Fsp3) is 1.00. The predicted molar refractivity (Wildman–Crippen MR) is 36.3 cm³/mol. The monoisotopic (exact) mass is 136 g/mol. The van der Waals surface area contributed by atoms with Gasteiger partial charge in [-0.2, -0.15) is 0 Å². The first-order valence-electron chi connectivity index (χ1n) is 3.05. The zero-order valence-corrected chi connectivity index (χ0v) is 5.99. The molecule has 1 nitrogen and oxygen atoms in total. The summed E-state index contributed by atoms with van der Waals surface area (Å²) < 4.78 is 0. The molecule has 0 spiro atoms. The molecule has 0 aromatic rings. The van der Waals surface area contributed by atoms with E-state index >= 15 is 0 Å². The number of unbranched alkanes of at least 4 members (excludes halogenated alkanes) is 1. The Labute approximate surface area is 55.7 Å². The topological polar surface area (TPSA) is 20.2 Å². The maximum atomic E-state index is 8.86. The van der Waals surface area contributed by atoms with E-state index in [1.54, 1.807) is 0 Å². The van der Waals surface area contributed by atoms with Crippen molar-refractivity contribution in [1.29, 1.82) is 0 Å². The van der Waals surface area contributed by atoms with Crippen molar-refractivity contribution in [2.75, 3.05) is 5.88 Å². The zero-order chi connectivity index (χ0) is 6.41. The van der Waals surface area contributed by atoms with Crippen molar-refractivity contribution in [3.63, 3.8) is 0 Å². The van der Waals surface area contributed by atoms with Crippen LogP contribution in [-0.2, 0) is 0 Å². The SMILES string of the molecule is CCCC[C@@H](O)CCl. The lowest BCUT2D eigenvalue weighted by Gasteiger charge is -2.02. The second-order valence-electron chi connectivity index (χ2n) is 1.95. The number of halogens is 1. The quantitative estimate of drug-likeness (QED) is 0.585. The normalized spacial score (nSPS) is 13.9. The summed E-state index contributed by atoms with van der Waals surface area (Å²) in [6.07, 6.45) is 2.78. The van der Waals surface area contributed by atoms with Crippen LogP contribution in [0.5, 0.6) is 0 Å². The Balaban J connectivity index is 2.86. The van der Waals surface area contributed by atoms with Crippen LogP contribution in [0, 0.1) is 0 Å². The average Bonchev–Trinajstić information content (AvgIpc) is 1.83. The summed E-state index contributed by atoms with van der Waals surface area (Å²) in [6.45, 7) is 2.10. The molecule has 0 saturated heterocycles. The number of aliphatic hydroxyl groups excluding tert-OH is 1. The maximum Gasteiger partial charge on any atom is 0.0675 e. The number of hydrogen-bond acceptors (Lipinski definition) is 1. The number of hydrogen-bond donors (Lipinski definition) is 1. The molecule has 0 aromatic carbocycles. The summed E-state index contributed by atoms with van der Waals surface area (Å²) in [5.74, 6) is 0.375. The van der Waals surface area contributed by atoms with Crippen LogP contribution >= 0.6 is 11.6 Å². The van der Waals surface area contributed by atoms with Gasteiger partial charge in [-0.15, -0.1) is 11.6 Å². The molecule has 0 unspecified atom stereocenters. The van der Waals surface area contributed by atoms with Gasteiger partial charge in [0.05, 0.1) is 6.10 Å². The molecule has 0 aromatic heterocycles. The lowest BCUT2D eigenvalue weighted by atomic mass is 10.2. The predicted octanol–water partition coefficient (Wildman–Crippen LogP) is 1.78. The molecule has 0 amide bonds. The minimum Gasteiger partial charge on any atom is -0.392 e. The van der Waals surface area contributed by atoms with Gasteiger partial charge in [-0.05, 0) is 6.42 Å². The van der Waals surface area contributed by atoms with Gasteiger partial charge in [0.25, 0.3) is 0 Å². The second kappa shape index (κ2) is 5.39. The molecule has 0 bridgehead atoms. The highest BCUT2D eigenvalue weighted by Crippen LogP contribution is 2.00. The van der Waals surface area contributed by atoms with E-state index < -0.39 is 0 Å². The van der Waals surface area contributed by atoms with Crippen LogP contribution in [0.2, 0.25) is 0 Å². The summed E-state index contributed by atoms with van der Waals surface area (Å²) in [7, 11) is 0. The Morgan fingerprint density at radius 1 is 1.62 bits per heavy atom. The number of rotatable bonds is 4. The molecule has 0 saturated carbocycles. The van der Waals surface area contributed by atoms with Crippen LogP contribution in [0.1, 0.15) is 26.2 Å². The molecular formula is C6H13ClO.